The van der Waals surface area contributed by atoms with Crippen LogP contribution in [0, 0.1) is 0 Å². The van der Waals surface area contributed by atoms with Crippen molar-refractivity contribution in [2.24, 2.45) is 0 Å². The first-order chi connectivity index (χ1) is 11.6. The summed E-state index contributed by atoms with van der Waals surface area (Å²) >= 11 is 7.81. The molecule has 0 saturated carbocycles. The molecule has 122 valence electrons. The van der Waals surface area contributed by atoms with E-state index in [4.69, 9.17) is 17.3 Å². The van der Waals surface area contributed by atoms with E-state index in [0.29, 0.717) is 5.69 Å². The summed E-state index contributed by atoms with van der Waals surface area (Å²) in [5.41, 5.74) is 9.40. The summed E-state index contributed by atoms with van der Waals surface area (Å²) in [5.74, 6) is 0. The van der Waals surface area contributed by atoms with Crippen molar-refractivity contribution in [2.45, 2.75) is 6.92 Å². The Kier molecular flexibility index (Phi) is 4.88. The van der Waals surface area contributed by atoms with E-state index >= 15 is 0 Å². The fraction of sp³-hybridized carbons (Fsp3) is 0.0526. The second-order valence-corrected chi connectivity index (χ2v) is 6.86. The zero-order valence-corrected chi connectivity index (χ0v) is 14.8. The highest BCUT2D eigenvalue weighted by atomic mass is 35.5. The van der Waals surface area contributed by atoms with Crippen LogP contribution in [-0.4, -0.2) is 4.98 Å². The lowest BCUT2D eigenvalue weighted by atomic mass is 10.2. The molecule has 0 aliphatic rings. The summed E-state index contributed by atoms with van der Waals surface area (Å²) in [7, 11) is 0. The van der Waals surface area contributed by atoms with Crippen LogP contribution in [0.25, 0.3) is 15.8 Å². The molecule has 0 saturated heterocycles. The molecule has 0 unspecified atom stereocenters. The molecule has 0 radical (unpaired) electrons. The van der Waals surface area contributed by atoms with Crippen molar-refractivity contribution in [1.29, 1.82) is 0 Å². The molecule has 3 nitrogen and oxygen atoms in total. The van der Waals surface area contributed by atoms with Gasteiger partial charge in [0.05, 0.1) is 21.3 Å². The molecular weight excluding hydrogens is 338 g/mol. The highest BCUT2D eigenvalue weighted by Gasteiger charge is 2.10. The van der Waals surface area contributed by atoms with Crippen molar-refractivity contribution in [2.75, 3.05) is 11.1 Å². The fourth-order valence-corrected chi connectivity index (χ4v) is 3.46. The predicted octanol–water partition coefficient (Wildman–Crippen LogP) is 6.08. The average molecular weight is 356 g/mol. The zero-order valence-electron chi connectivity index (χ0n) is 13.3. The number of benzene rings is 2. The number of nitrogen functional groups attached to an aromatic ring is 1. The van der Waals surface area contributed by atoms with E-state index in [2.05, 4.69) is 29.0 Å². The molecule has 0 aliphatic carbocycles. The van der Waals surface area contributed by atoms with Gasteiger partial charge in [-0.2, -0.15) is 0 Å². The number of rotatable bonds is 5. The SMILES string of the molecule is C=C(Nc1cccc(N)c1)S/C(=C\C)c1cc2cccc(Cl)c2[nH]1. The molecule has 1 aromatic heterocycles. The van der Waals surface area contributed by atoms with Gasteiger partial charge in [0, 0.05) is 21.7 Å². The fourth-order valence-electron chi connectivity index (χ4n) is 2.46. The first kappa shape index (κ1) is 16.6. The number of H-pyrrole nitrogens is 1. The minimum absolute atomic E-state index is 0.717. The molecule has 0 aliphatic heterocycles. The van der Waals surface area contributed by atoms with Crippen LogP contribution in [0.15, 0.2) is 66.2 Å². The largest absolute Gasteiger partial charge is 0.399 e. The lowest BCUT2D eigenvalue weighted by Gasteiger charge is -2.11. The Balaban J connectivity index is 1.78. The van der Waals surface area contributed by atoms with E-state index in [0.717, 1.165) is 37.2 Å². The molecule has 2 aromatic carbocycles. The molecule has 4 N–H and O–H groups in total. The van der Waals surface area contributed by atoms with Crippen LogP contribution in [0.4, 0.5) is 11.4 Å². The molecule has 5 heteroatoms. The lowest BCUT2D eigenvalue weighted by molar-refractivity contribution is 1.42. The van der Waals surface area contributed by atoms with Crippen molar-refractivity contribution < 1.29 is 0 Å². The standard InChI is InChI=1S/C19H18ClN3S/c1-3-18(17-10-13-6-4-9-16(20)19(13)23-17)24-12(2)22-15-8-5-7-14(21)11-15/h3-11,22-23H,2,21H2,1H3/b18-3-. The summed E-state index contributed by atoms with van der Waals surface area (Å²) in [4.78, 5) is 4.46. The molecule has 0 spiro atoms. The molecule has 0 amide bonds. The topological polar surface area (TPSA) is 53.8 Å². The van der Waals surface area contributed by atoms with E-state index in [-0.39, 0.29) is 0 Å². The number of hydrogen-bond acceptors (Lipinski definition) is 3. The van der Waals surface area contributed by atoms with E-state index in [9.17, 15) is 0 Å². The Hall–Kier alpha value is -2.30. The van der Waals surface area contributed by atoms with Crippen LogP contribution < -0.4 is 11.1 Å². The van der Waals surface area contributed by atoms with Gasteiger partial charge in [-0.3, -0.25) is 0 Å². The van der Waals surface area contributed by atoms with Gasteiger partial charge in [-0.15, -0.1) is 0 Å². The summed E-state index contributed by atoms with van der Waals surface area (Å²) < 4.78 is 0. The minimum atomic E-state index is 0.717. The Morgan fingerprint density at radius 2 is 2.04 bits per heavy atom. The van der Waals surface area contributed by atoms with Gasteiger partial charge in [0.25, 0.3) is 0 Å². The zero-order chi connectivity index (χ0) is 17.1. The van der Waals surface area contributed by atoms with Gasteiger partial charge in [0.2, 0.25) is 0 Å². The number of hydrogen-bond donors (Lipinski definition) is 3. The molecule has 3 aromatic rings. The molecule has 3 rings (SSSR count). The first-order valence-electron chi connectivity index (χ1n) is 7.50. The normalized spacial score (nSPS) is 11.7. The van der Waals surface area contributed by atoms with E-state index in [1.807, 2.05) is 49.4 Å². The van der Waals surface area contributed by atoms with Crippen molar-refractivity contribution in [3.8, 4) is 0 Å². The monoisotopic (exact) mass is 355 g/mol. The van der Waals surface area contributed by atoms with E-state index < -0.39 is 0 Å². The Morgan fingerprint density at radius 1 is 1.25 bits per heavy atom. The van der Waals surface area contributed by atoms with Crippen LogP contribution in [0.1, 0.15) is 12.6 Å². The van der Waals surface area contributed by atoms with Crippen molar-refractivity contribution in [1.82, 2.24) is 4.98 Å². The number of aromatic amines is 1. The Labute approximate surface area is 150 Å². The van der Waals surface area contributed by atoms with Crippen molar-refractivity contribution in [3.05, 3.63) is 76.9 Å². The number of halogens is 1. The number of fused-ring (bicyclic) bond motifs is 1. The van der Waals surface area contributed by atoms with Gasteiger partial charge in [0.1, 0.15) is 0 Å². The van der Waals surface area contributed by atoms with Crippen LogP contribution in [0.3, 0.4) is 0 Å². The number of thioether (sulfide) groups is 1. The van der Waals surface area contributed by atoms with E-state index in [1.165, 1.54) is 0 Å². The molecular formula is C19H18ClN3S. The van der Waals surface area contributed by atoms with Gasteiger partial charge in [-0.05, 0) is 37.3 Å². The first-order valence-corrected chi connectivity index (χ1v) is 8.69. The number of para-hydroxylation sites is 1. The third-order valence-corrected chi connectivity index (χ3v) is 4.88. The van der Waals surface area contributed by atoms with Crippen LogP contribution in [-0.2, 0) is 0 Å². The smallest absolute Gasteiger partial charge is 0.0701 e. The third-order valence-electron chi connectivity index (χ3n) is 3.54. The van der Waals surface area contributed by atoms with Crippen molar-refractivity contribution >= 4 is 50.5 Å². The number of nitrogens with two attached hydrogens (primary N) is 1. The molecule has 0 atom stereocenters. The molecule has 24 heavy (non-hydrogen) atoms. The average Bonchev–Trinajstić information content (AvgIpc) is 2.98. The summed E-state index contributed by atoms with van der Waals surface area (Å²) in [6.07, 6.45) is 2.05. The van der Waals surface area contributed by atoms with Gasteiger partial charge >= 0.3 is 0 Å². The van der Waals surface area contributed by atoms with Gasteiger partial charge in [-0.1, -0.05) is 54.2 Å². The van der Waals surface area contributed by atoms with Gasteiger partial charge < -0.3 is 16.0 Å². The Bertz CT molecular complexity index is 927. The van der Waals surface area contributed by atoms with Gasteiger partial charge in [-0.25, -0.2) is 0 Å². The number of aromatic nitrogens is 1. The molecule has 0 bridgehead atoms. The summed E-state index contributed by atoms with van der Waals surface area (Å²) in [6, 6.07) is 15.6. The van der Waals surface area contributed by atoms with Gasteiger partial charge in [0.15, 0.2) is 0 Å². The van der Waals surface area contributed by atoms with E-state index in [1.54, 1.807) is 11.8 Å². The highest BCUT2D eigenvalue weighted by Crippen LogP contribution is 2.35. The van der Waals surface area contributed by atoms with Crippen molar-refractivity contribution in [3.63, 3.8) is 0 Å². The predicted molar refractivity (Wildman–Crippen MR) is 108 cm³/mol. The van der Waals surface area contributed by atoms with Crippen LogP contribution in [0.5, 0.6) is 0 Å². The number of anilines is 2. The lowest BCUT2D eigenvalue weighted by Crippen LogP contribution is -1.96. The highest BCUT2D eigenvalue weighted by molar-refractivity contribution is 8.11. The Morgan fingerprint density at radius 3 is 2.75 bits per heavy atom. The quantitative estimate of drug-likeness (QED) is 0.486. The van der Waals surface area contributed by atoms with Crippen LogP contribution >= 0.6 is 23.4 Å². The second-order valence-electron chi connectivity index (χ2n) is 5.32. The van der Waals surface area contributed by atoms with Crippen LogP contribution in [0.2, 0.25) is 5.02 Å². The summed E-state index contributed by atoms with van der Waals surface area (Å²) in [6.45, 7) is 6.10. The summed E-state index contributed by atoms with van der Waals surface area (Å²) in [5, 5.41) is 5.90. The third kappa shape index (κ3) is 3.61. The maximum absolute atomic E-state index is 6.25. The number of nitrogens with one attached hydrogen (secondary N) is 2. The minimum Gasteiger partial charge on any atom is -0.399 e. The second kappa shape index (κ2) is 7.07. The maximum atomic E-state index is 6.25. The molecule has 1 heterocycles. The number of allylic oxidation sites excluding steroid dienone is 1. The molecule has 0 fully saturated rings. The maximum Gasteiger partial charge on any atom is 0.0701 e.